The quantitative estimate of drug-likeness (QED) is 0.561. The molecule has 1 aliphatic rings. The van der Waals surface area contributed by atoms with Crippen molar-refractivity contribution < 1.29 is 9.59 Å². The molecule has 0 saturated heterocycles. The smallest absolute Gasteiger partial charge is 0.286 e. The van der Waals surface area contributed by atoms with Gasteiger partial charge in [-0.3, -0.25) is 15.0 Å². The number of aromatic amines is 1. The van der Waals surface area contributed by atoms with Crippen LogP contribution in [0.1, 0.15) is 38.0 Å². The summed E-state index contributed by atoms with van der Waals surface area (Å²) in [5, 5.41) is 2.38. The maximum Gasteiger partial charge on any atom is 0.286 e. The lowest BCUT2D eigenvalue weighted by molar-refractivity contribution is 0.0484. The van der Waals surface area contributed by atoms with Crippen LogP contribution < -0.4 is 5.43 Å². The molecule has 0 bridgehead atoms. The molecule has 0 aliphatic carbocycles. The molecule has 0 spiro atoms. The Labute approximate surface area is 161 Å². The molecule has 5 nitrogen and oxygen atoms in total. The van der Waals surface area contributed by atoms with E-state index in [-0.39, 0.29) is 11.8 Å². The lowest BCUT2D eigenvalue weighted by Crippen LogP contribution is -2.52. The van der Waals surface area contributed by atoms with Gasteiger partial charge in [0, 0.05) is 22.0 Å². The fraction of sp³-hybridized carbons (Fsp3) is 0.0435. The lowest BCUT2D eigenvalue weighted by atomic mass is 9.93. The van der Waals surface area contributed by atoms with Gasteiger partial charge in [0.25, 0.3) is 11.8 Å². The molecule has 3 aromatic carbocycles. The van der Waals surface area contributed by atoms with Gasteiger partial charge < -0.3 is 4.98 Å². The Hall–Kier alpha value is -3.86. The molecule has 1 aromatic heterocycles. The van der Waals surface area contributed by atoms with Crippen molar-refractivity contribution in [3.8, 4) is 0 Å². The summed E-state index contributed by atoms with van der Waals surface area (Å²) in [4.78, 5) is 29.4. The van der Waals surface area contributed by atoms with E-state index in [2.05, 4.69) is 10.4 Å². The number of nitrogens with zero attached hydrogens (tertiary/aromatic N) is 1. The van der Waals surface area contributed by atoms with Crippen LogP contribution in [-0.4, -0.2) is 21.8 Å². The average Bonchev–Trinajstić information content (AvgIpc) is 3.15. The predicted molar refractivity (Wildman–Crippen MR) is 107 cm³/mol. The van der Waals surface area contributed by atoms with Gasteiger partial charge in [0.15, 0.2) is 0 Å². The third-order valence-corrected chi connectivity index (χ3v) is 5.08. The zero-order valence-electron chi connectivity index (χ0n) is 14.9. The molecule has 0 fully saturated rings. The predicted octanol–water partition coefficient (Wildman–Crippen LogP) is 4.06. The van der Waals surface area contributed by atoms with Gasteiger partial charge in [-0.1, -0.05) is 66.7 Å². The van der Waals surface area contributed by atoms with Crippen LogP contribution in [-0.2, 0) is 0 Å². The average molecular weight is 367 g/mol. The van der Waals surface area contributed by atoms with Gasteiger partial charge in [-0.15, -0.1) is 0 Å². The largest absolute Gasteiger partial charge is 0.350 e. The van der Waals surface area contributed by atoms with Crippen molar-refractivity contribution >= 4 is 22.7 Å². The van der Waals surface area contributed by atoms with Crippen molar-refractivity contribution in [3.05, 3.63) is 107 Å². The Kier molecular flexibility index (Phi) is 3.72. The first-order valence-electron chi connectivity index (χ1n) is 9.09. The molecule has 136 valence electrons. The molecule has 1 unspecified atom stereocenters. The number of para-hydroxylation sites is 1. The minimum atomic E-state index is -0.433. The number of carbonyl (C=O) groups excluding carboxylic acids is 2. The van der Waals surface area contributed by atoms with Crippen molar-refractivity contribution in [1.82, 2.24) is 15.4 Å². The SMILES string of the molecule is O=C1NN(C(=O)c2ccccc2)C(c2ccccc2)c2c1[nH]c1ccccc21. The van der Waals surface area contributed by atoms with Crippen molar-refractivity contribution in [2.24, 2.45) is 0 Å². The summed E-state index contributed by atoms with van der Waals surface area (Å²) in [6.45, 7) is 0. The number of hydrazine groups is 1. The van der Waals surface area contributed by atoms with Crippen LogP contribution in [0.25, 0.3) is 10.9 Å². The molecule has 28 heavy (non-hydrogen) atoms. The zero-order chi connectivity index (χ0) is 19.1. The number of carbonyl (C=O) groups is 2. The maximum atomic E-state index is 13.3. The van der Waals surface area contributed by atoms with Gasteiger partial charge in [-0.25, -0.2) is 5.01 Å². The van der Waals surface area contributed by atoms with Crippen molar-refractivity contribution in [2.45, 2.75) is 6.04 Å². The van der Waals surface area contributed by atoms with Crippen LogP contribution in [0.5, 0.6) is 0 Å². The van der Waals surface area contributed by atoms with Gasteiger partial charge in [-0.2, -0.15) is 0 Å². The first kappa shape index (κ1) is 16.3. The van der Waals surface area contributed by atoms with Crippen LogP contribution in [0.15, 0.2) is 84.9 Å². The van der Waals surface area contributed by atoms with E-state index in [1.165, 1.54) is 5.01 Å². The van der Waals surface area contributed by atoms with Gasteiger partial charge in [0.1, 0.15) is 11.7 Å². The number of aromatic nitrogens is 1. The summed E-state index contributed by atoms with van der Waals surface area (Å²) in [6.07, 6.45) is 0. The van der Waals surface area contributed by atoms with Gasteiger partial charge in [-0.05, 0) is 23.8 Å². The standard InChI is InChI=1S/C23H17N3O2/c27-22-20-19(17-13-7-8-14-18(17)24-20)21(15-9-3-1-4-10-15)26(25-22)23(28)16-11-5-2-6-12-16/h1-14,21,24H,(H,25,27). The number of nitrogens with one attached hydrogen (secondary N) is 2. The second-order valence-electron chi connectivity index (χ2n) is 6.75. The highest BCUT2D eigenvalue weighted by atomic mass is 16.2. The van der Waals surface area contributed by atoms with E-state index < -0.39 is 6.04 Å². The van der Waals surface area contributed by atoms with E-state index in [9.17, 15) is 9.59 Å². The molecule has 5 heteroatoms. The molecule has 2 heterocycles. The normalized spacial score (nSPS) is 15.9. The number of fused-ring (bicyclic) bond motifs is 3. The third kappa shape index (κ3) is 2.48. The first-order valence-corrected chi connectivity index (χ1v) is 9.09. The molecular weight excluding hydrogens is 350 g/mol. The summed E-state index contributed by atoms with van der Waals surface area (Å²) in [5.74, 6) is -0.568. The fourth-order valence-electron chi connectivity index (χ4n) is 3.82. The molecule has 1 aliphatic heterocycles. The number of hydrogen-bond acceptors (Lipinski definition) is 2. The van der Waals surface area contributed by atoms with Crippen molar-refractivity contribution in [1.29, 1.82) is 0 Å². The Balaban J connectivity index is 1.74. The van der Waals surface area contributed by atoms with Gasteiger partial charge in [0.2, 0.25) is 0 Å². The fourth-order valence-corrected chi connectivity index (χ4v) is 3.82. The number of amides is 2. The Bertz CT molecular complexity index is 1180. The van der Waals surface area contributed by atoms with E-state index in [4.69, 9.17) is 0 Å². The summed E-state index contributed by atoms with van der Waals surface area (Å²) in [5.41, 5.74) is 6.42. The second kappa shape index (κ2) is 6.39. The molecule has 2 N–H and O–H groups in total. The Morgan fingerprint density at radius 2 is 1.46 bits per heavy atom. The van der Waals surface area contributed by atoms with E-state index in [0.29, 0.717) is 11.3 Å². The first-order chi connectivity index (χ1) is 13.7. The molecule has 1 atom stereocenters. The molecular formula is C23H17N3O2. The van der Waals surface area contributed by atoms with Crippen LogP contribution >= 0.6 is 0 Å². The second-order valence-corrected chi connectivity index (χ2v) is 6.75. The molecule has 5 rings (SSSR count). The highest BCUT2D eigenvalue weighted by Gasteiger charge is 2.39. The minimum absolute atomic E-state index is 0.251. The van der Waals surface area contributed by atoms with E-state index in [1.54, 1.807) is 12.1 Å². The highest BCUT2D eigenvalue weighted by Crippen LogP contribution is 2.38. The van der Waals surface area contributed by atoms with Crippen LogP contribution in [0.3, 0.4) is 0 Å². The Morgan fingerprint density at radius 3 is 2.21 bits per heavy atom. The highest BCUT2D eigenvalue weighted by molar-refractivity contribution is 6.06. The molecule has 4 aromatic rings. The number of hydrogen-bond donors (Lipinski definition) is 2. The van der Waals surface area contributed by atoms with Crippen LogP contribution in [0, 0.1) is 0 Å². The van der Waals surface area contributed by atoms with Crippen molar-refractivity contribution in [2.75, 3.05) is 0 Å². The summed E-state index contributed by atoms with van der Waals surface area (Å²) < 4.78 is 0. The number of benzene rings is 3. The topological polar surface area (TPSA) is 65.2 Å². The molecule has 0 saturated carbocycles. The monoisotopic (exact) mass is 367 g/mol. The third-order valence-electron chi connectivity index (χ3n) is 5.08. The summed E-state index contributed by atoms with van der Waals surface area (Å²) in [7, 11) is 0. The minimum Gasteiger partial charge on any atom is -0.350 e. The lowest BCUT2D eigenvalue weighted by Gasteiger charge is -2.36. The van der Waals surface area contributed by atoms with Crippen LogP contribution in [0.2, 0.25) is 0 Å². The number of H-pyrrole nitrogens is 1. The number of rotatable bonds is 2. The Morgan fingerprint density at radius 1 is 0.821 bits per heavy atom. The maximum absolute atomic E-state index is 13.3. The van der Waals surface area contributed by atoms with Crippen molar-refractivity contribution in [3.63, 3.8) is 0 Å². The molecule has 2 amide bonds. The van der Waals surface area contributed by atoms with E-state index >= 15 is 0 Å². The van der Waals surface area contributed by atoms with E-state index in [1.807, 2.05) is 72.8 Å². The van der Waals surface area contributed by atoms with Gasteiger partial charge >= 0.3 is 0 Å². The van der Waals surface area contributed by atoms with E-state index in [0.717, 1.165) is 22.0 Å². The summed E-state index contributed by atoms with van der Waals surface area (Å²) in [6, 6.07) is 26.1. The van der Waals surface area contributed by atoms with Crippen LogP contribution in [0.4, 0.5) is 0 Å². The summed E-state index contributed by atoms with van der Waals surface area (Å²) >= 11 is 0. The molecule has 0 radical (unpaired) electrons. The zero-order valence-corrected chi connectivity index (χ0v) is 14.9. The van der Waals surface area contributed by atoms with Gasteiger partial charge in [0.05, 0.1) is 0 Å².